The van der Waals surface area contributed by atoms with Gasteiger partial charge in [0.15, 0.2) is 0 Å². The minimum Gasteiger partial charge on any atom is -0.506 e. The molecular weight excluding hydrogens is 385 g/mol. The number of halogens is 4. The first-order valence-corrected chi connectivity index (χ1v) is 8.34. The average molecular weight is 399 g/mol. The zero-order valence-corrected chi connectivity index (χ0v) is 14.8. The monoisotopic (exact) mass is 398 g/mol. The Labute approximate surface area is 156 Å². The lowest BCUT2D eigenvalue weighted by atomic mass is 10.0. The summed E-state index contributed by atoms with van der Waals surface area (Å²) < 4.78 is 46.8. The van der Waals surface area contributed by atoms with Gasteiger partial charge >= 0.3 is 0 Å². The summed E-state index contributed by atoms with van der Waals surface area (Å²) in [5.74, 6) is -1.63. The van der Waals surface area contributed by atoms with Crippen molar-refractivity contribution in [2.75, 3.05) is 6.61 Å². The molecule has 0 aliphatic heterocycles. The van der Waals surface area contributed by atoms with Crippen molar-refractivity contribution in [1.82, 2.24) is 9.55 Å². The molecule has 0 aliphatic rings. The zero-order chi connectivity index (χ0) is 19.7. The maximum atomic E-state index is 14.6. The fraction of sp³-hybridized carbons (Fsp3) is 0.222. The second-order valence-electron chi connectivity index (χ2n) is 5.57. The minimum absolute atomic E-state index is 0.0127. The fourth-order valence-corrected chi connectivity index (χ4v) is 3.06. The number of rotatable bonds is 5. The number of aromatic hydroxyl groups is 1. The molecule has 0 saturated carbocycles. The van der Waals surface area contributed by atoms with Gasteiger partial charge in [-0.2, -0.15) is 0 Å². The average Bonchev–Trinajstić information content (AvgIpc) is 2.64. The topological polar surface area (TPSA) is 64.3 Å². The van der Waals surface area contributed by atoms with E-state index >= 15 is 0 Å². The van der Waals surface area contributed by atoms with E-state index in [2.05, 4.69) is 4.98 Å². The van der Waals surface area contributed by atoms with Gasteiger partial charge in [0.25, 0.3) is 12.0 Å². The number of pyridine rings is 2. The van der Waals surface area contributed by atoms with Gasteiger partial charge in [-0.25, -0.2) is 18.2 Å². The predicted molar refractivity (Wildman–Crippen MR) is 95.2 cm³/mol. The standard InChI is InChI=1S/C18H14ClF3N2O3/c1-2-27-16-10(19)5-6-11(20)13(16)14-15(25)9-4-3-7-23-17(9)24(18(14)26)8-12(21)22/h3-7,12,25H,2,8H2,1H3. The molecule has 1 N–H and O–H groups in total. The molecule has 0 atom stereocenters. The molecule has 0 unspecified atom stereocenters. The molecule has 9 heteroatoms. The Morgan fingerprint density at radius 3 is 2.70 bits per heavy atom. The number of alkyl halides is 2. The smallest absolute Gasteiger partial charge is 0.264 e. The van der Waals surface area contributed by atoms with Crippen LogP contribution < -0.4 is 10.3 Å². The van der Waals surface area contributed by atoms with Crippen molar-refractivity contribution < 1.29 is 23.0 Å². The first kappa shape index (κ1) is 19.0. The van der Waals surface area contributed by atoms with Crippen molar-refractivity contribution >= 4 is 22.6 Å². The van der Waals surface area contributed by atoms with Gasteiger partial charge in [0.1, 0.15) is 23.0 Å². The van der Waals surface area contributed by atoms with E-state index in [1.54, 1.807) is 6.92 Å². The molecule has 2 heterocycles. The van der Waals surface area contributed by atoms with Gasteiger partial charge in [-0.15, -0.1) is 0 Å². The number of hydrogen-bond acceptors (Lipinski definition) is 4. The molecule has 0 bridgehead atoms. The van der Waals surface area contributed by atoms with E-state index < -0.39 is 35.7 Å². The van der Waals surface area contributed by atoms with Crippen LogP contribution in [0.15, 0.2) is 35.3 Å². The number of fused-ring (bicyclic) bond motifs is 1. The molecule has 142 valence electrons. The highest BCUT2D eigenvalue weighted by molar-refractivity contribution is 6.32. The first-order chi connectivity index (χ1) is 12.9. The molecule has 0 saturated heterocycles. The lowest BCUT2D eigenvalue weighted by Gasteiger charge is -2.17. The second kappa shape index (κ2) is 7.48. The van der Waals surface area contributed by atoms with Crippen LogP contribution >= 0.6 is 11.6 Å². The molecule has 3 rings (SSSR count). The highest BCUT2D eigenvalue weighted by Gasteiger charge is 2.26. The summed E-state index contributed by atoms with van der Waals surface area (Å²) in [5.41, 5.74) is -2.06. The highest BCUT2D eigenvalue weighted by atomic mass is 35.5. The largest absolute Gasteiger partial charge is 0.506 e. The maximum Gasteiger partial charge on any atom is 0.264 e. The Hall–Kier alpha value is -2.74. The summed E-state index contributed by atoms with van der Waals surface area (Å²) in [7, 11) is 0. The van der Waals surface area contributed by atoms with E-state index in [9.17, 15) is 23.1 Å². The van der Waals surface area contributed by atoms with Gasteiger partial charge in [-0.1, -0.05) is 11.6 Å². The molecule has 0 fully saturated rings. The molecule has 1 aromatic carbocycles. The maximum absolute atomic E-state index is 14.6. The molecular formula is C18H14ClF3N2O3. The highest BCUT2D eigenvalue weighted by Crippen LogP contribution is 2.42. The number of hydrogen-bond donors (Lipinski definition) is 1. The van der Waals surface area contributed by atoms with E-state index in [1.165, 1.54) is 24.4 Å². The van der Waals surface area contributed by atoms with Crippen molar-refractivity contribution in [3.05, 3.63) is 51.7 Å². The van der Waals surface area contributed by atoms with Crippen LogP contribution in [0.2, 0.25) is 5.02 Å². The Bertz CT molecular complexity index is 1070. The Balaban J connectivity index is 2.47. The predicted octanol–water partition coefficient (Wildman–Crippen LogP) is 4.23. The van der Waals surface area contributed by atoms with Crippen molar-refractivity contribution in [3.8, 4) is 22.6 Å². The Morgan fingerprint density at radius 1 is 1.30 bits per heavy atom. The van der Waals surface area contributed by atoms with Crippen LogP contribution in [0, 0.1) is 5.82 Å². The van der Waals surface area contributed by atoms with Crippen molar-refractivity contribution in [2.24, 2.45) is 0 Å². The van der Waals surface area contributed by atoms with E-state index in [-0.39, 0.29) is 34.0 Å². The summed E-state index contributed by atoms with van der Waals surface area (Å²) in [5, 5.41) is 10.7. The first-order valence-electron chi connectivity index (χ1n) is 7.96. The van der Waals surface area contributed by atoms with Gasteiger partial charge in [-0.05, 0) is 31.2 Å². The fourth-order valence-electron chi connectivity index (χ4n) is 2.85. The van der Waals surface area contributed by atoms with E-state index in [0.717, 1.165) is 6.07 Å². The molecule has 0 aliphatic carbocycles. The third kappa shape index (κ3) is 3.32. The van der Waals surface area contributed by atoms with Gasteiger partial charge in [0.2, 0.25) is 0 Å². The SMILES string of the molecule is CCOc1c(Cl)ccc(F)c1-c1c(O)c2cccnc2n(CC(F)F)c1=O. The molecule has 0 amide bonds. The van der Waals surface area contributed by atoms with Gasteiger partial charge in [0.05, 0.1) is 34.7 Å². The van der Waals surface area contributed by atoms with Crippen molar-refractivity contribution in [3.63, 3.8) is 0 Å². The normalized spacial score (nSPS) is 11.3. The number of ether oxygens (including phenoxy) is 1. The third-order valence-electron chi connectivity index (χ3n) is 3.91. The second-order valence-corrected chi connectivity index (χ2v) is 5.98. The zero-order valence-electron chi connectivity index (χ0n) is 14.0. The minimum atomic E-state index is -2.86. The van der Waals surface area contributed by atoms with Gasteiger partial charge < -0.3 is 9.84 Å². The van der Waals surface area contributed by atoms with Crippen LogP contribution in [0.4, 0.5) is 13.2 Å². The van der Waals surface area contributed by atoms with E-state index in [1.807, 2.05) is 0 Å². The van der Waals surface area contributed by atoms with E-state index in [0.29, 0.717) is 4.57 Å². The quantitative estimate of drug-likeness (QED) is 0.698. The molecule has 3 aromatic rings. The molecule has 0 spiro atoms. The van der Waals surface area contributed by atoms with E-state index in [4.69, 9.17) is 16.3 Å². The summed E-state index contributed by atoms with van der Waals surface area (Å²) in [4.78, 5) is 16.8. The summed E-state index contributed by atoms with van der Waals surface area (Å²) in [6, 6.07) is 5.10. The number of nitrogens with zero attached hydrogens (tertiary/aromatic N) is 2. The van der Waals surface area contributed by atoms with Crippen LogP contribution in [0.5, 0.6) is 11.5 Å². The van der Waals surface area contributed by atoms with Crippen LogP contribution in [0.3, 0.4) is 0 Å². The van der Waals surface area contributed by atoms with Crippen LogP contribution in [-0.4, -0.2) is 27.7 Å². The van der Waals surface area contributed by atoms with Crippen molar-refractivity contribution in [2.45, 2.75) is 19.9 Å². The Morgan fingerprint density at radius 2 is 2.04 bits per heavy atom. The van der Waals surface area contributed by atoms with Crippen LogP contribution in [0.1, 0.15) is 6.92 Å². The van der Waals surface area contributed by atoms with Crippen molar-refractivity contribution in [1.29, 1.82) is 0 Å². The summed E-state index contributed by atoms with van der Waals surface area (Å²) >= 11 is 6.06. The van der Waals surface area contributed by atoms with Gasteiger partial charge in [0, 0.05) is 6.20 Å². The van der Waals surface area contributed by atoms with Crippen LogP contribution in [-0.2, 0) is 6.54 Å². The Kier molecular flexibility index (Phi) is 5.27. The number of benzene rings is 1. The summed E-state index contributed by atoms with van der Waals surface area (Å²) in [6.45, 7) is 0.771. The molecule has 5 nitrogen and oxygen atoms in total. The number of aromatic nitrogens is 2. The lowest BCUT2D eigenvalue weighted by molar-refractivity contribution is 0.126. The van der Waals surface area contributed by atoms with Crippen LogP contribution in [0.25, 0.3) is 22.2 Å². The summed E-state index contributed by atoms with van der Waals surface area (Å²) in [6.07, 6.45) is -1.56. The third-order valence-corrected chi connectivity index (χ3v) is 4.21. The molecule has 0 radical (unpaired) electrons. The lowest BCUT2D eigenvalue weighted by Crippen LogP contribution is -2.26. The molecule has 27 heavy (non-hydrogen) atoms. The van der Waals surface area contributed by atoms with Gasteiger partial charge in [-0.3, -0.25) is 9.36 Å². The molecule has 2 aromatic heterocycles.